The van der Waals surface area contributed by atoms with Crippen molar-refractivity contribution in [1.29, 1.82) is 0 Å². The topological polar surface area (TPSA) is 55.1 Å². The summed E-state index contributed by atoms with van der Waals surface area (Å²) in [4.78, 5) is 12.3. The Bertz CT molecular complexity index is 722. The van der Waals surface area contributed by atoms with Crippen molar-refractivity contribution >= 4 is 11.6 Å². The highest BCUT2D eigenvalue weighted by Crippen LogP contribution is 2.35. The van der Waals surface area contributed by atoms with Gasteiger partial charge in [-0.2, -0.15) is 13.2 Å². The first kappa shape index (κ1) is 15.6. The number of nitrogens with zero attached hydrogens (tertiary/aromatic N) is 1. The molecule has 0 saturated heterocycles. The summed E-state index contributed by atoms with van der Waals surface area (Å²) in [7, 11) is 0. The number of aryl methyl sites for hydroxylation is 1. The van der Waals surface area contributed by atoms with Gasteiger partial charge in [0.25, 0.3) is 5.91 Å². The van der Waals surface area contributed by atoms with Crippen molar-refractivity contribution in [3.8, 4) is 0 Å². The third kappa shape index (κ3) is 3.23. The molecule has 0 spiro atoms. The molecule has 1 aromatic heterocycles. The number of nitrogens with one attached hydrogen (secondary N) is 1. The van der Waals surface area contributed by atoms with Gasteiger partial charge in [-0.05, 0) is 31.4 Å². The summed E-state index contributed by atoms with van der Waals surface area (Å²) >= 11 is 0. The van der Waals surface area contributed by atoms with Crippen LogP contribution in [0.2, 0.25) is 0 Å². The molecule has 1 aliphatic carbocycles. The molecular weight excluding hydrogens is 309 g/mol. The van der Waals surface area contributed by atoms with E-state index in [0.29, 0.717) is 24.2 Å². The van der Waals surface area contributed by atoms with Gasteiger partial charge in [0.15, 0.2) is 5.69 Å². The van der Waals surface area contributed by atoms with Crippen LogP contribution in [0.25, 0.3) is 0 Å². The molecule has 0 radical (unpaired) electrons. The highest BCUT2D eigenvalue weighted by Gasteiger charge is 2.34. The van der Waals surface area contributed by atoms with Crippen LogP contribution in [0.1, 0.15) is 46.6 Å². The molecule has 1 aromatic carbocycles. The van der Waals surface area contributed by atoms with Crippen LogP contribution < -0.4 is 5.32 Å². The summed E-state index contributed by atoms with van der Waals surface area (Å²) in [6.45, 7) is 0. The lowest BCUT2D eigenvalue weighted by Crippen LogP contribution is -2.18. The Morgan fingerprint density at radius 2 is 1.87 bits per heavy atom. The molecular formula is C16H15F3N2O2. The Balaban J connectivity index is 1.88. The number of aromatic nitrogens is 1. The van der Waals surface area contributed by atoms with Crippen molar-refractivity contribution in [2.75, 3.05) is 5.32 Å². The zero-order valence-electron chi connectivity index (χ0n) is 12.2. The fraction of sp³-hybridized carbons (Fsp3) is 0.375. The summed E-state index contributed by atoms with van der Waals surface area (Å²) in [5.41, 5.74) is -0.373. The van der Waals surface area contributed by atoms with E-state index in [1.165, 1.54) is 18.2 Å². The number of fused-ring (bicyclic) bond motifs is 1. The number of para-hydroxylation sites is 1. The Morgan fingerprint density at radius 3 is 2.65 bits per heavy atom. The van der Waals surface area contributed by atoms with Crippen LogP contribution >= 0.6 is 0 Å². The number of halogens is 3. The van der Waals surface area contributed by atoms with Gasteiger partial charge in [-0.15, -0.1) is 0 Å². The number of alkyl halides is 3. The van der Waals surface area contributed by atoms with Gasteiger partial charge in [0.05, 0.1) is 11.3 Å². The van der Waals surface area contributed by atoms with Crippen LogP contribution in [0.4, 0.5) is 18.9 Å². The molecule has 0 atom stereocenters. The number of benzene rings is 1. The van der Waals surface area contributed by atoms with E-state index >= 15 is 0 Å². The number of hydrogen-bond acceptors (Lipinski definition) is 3. The zero-order valence-corrected chi connectivity index (χ0v) is 12.2. The molecule has 3 rings (SSSR count). The molecule has 1 N–H and O–H groups in total. The van der Waals surface area contributed by atoms with Crippen molar-refractivity contribution in [1.82, 2.24) is 5.16 Å². The fourth-order valence-corrected chi connectivity index (χ4v) is 2.76. The lowest BCUT2D eigenvalue weighted by Gasteiger charge is -2.13. The van der Waals surface area contributed by atoms with Gasteiger partial charge in [0.2, 0.25) is 0 Å². The van der Waals surface area contributed by atoms with E-state index in [1.54, 1.807) is 0 Å². The minimum atomic E-state index is -4.54. The number of rotatable bonds is 2. The molecule has 1 heterocycles. The first-order valence-corrected chi connectivity index (χ1v) is 7.42. The molecule has 0 saturated carbocycles. The van der Waals surface area contributed by atoms with Gasteiger partial charge in [-0.3, -0.25) is 4.79 Å². The number of anilines is 1. The molecule has 122 valence electrons. The lowest BCUT2D eigenvalue weighted by molar-refractivity contribution is -0.136. The summed E-state index contributed by atoms with van der Waals surface area (Å²) < 4.78 is 44.1. The Hall–Kier alpha value is -2.31. The average Bonchev–Trinajstić information content (AvgIpc) is 2.76. The van der Waals surface area contributed by atoms with E-state index in [-0.39, 0.29) is 11.4 Å². The SMILES string of the molecule is O=C(Nc1ccccc1C(F)(F)F)c1noc2c1CCCCC2. The number of amides is 1. The minimum absolute atomic E-state index is 0.0823. The highest BCUT2D eigenvalue weighted by molar-refractivity contribution is 6.04. The second-order valence-electron chi connectivity index (χ2n) is 5.49. The summed E-state index contributed by atoms with van der Waals surface area (Å²) in [5, 5.41) is 6.07. The quantitative estimate of drug-likeness (QED) is 0.842. The lowest BCUT2D eigenvalue weighted by atomic mass is 10.1. The highest BCUT2D eigenvalue weighted by atomic mass is 19.4. The first-order valence-electron chi connectivity index (χ1n) is 7.42. The van der Waals surface area contributed by atoms with Gasteiger partial charge in [0, 0.05) is 12.0 Å². The second-order valence-corrected chi connectivity index (χ2v) is 5.49. The van der Waals surface area contributed by atoms with Gasteiger partial charge < -0.3 is 9.84 Å². The van der Waals surface area contributed by atoms with Crippen LogP contribution in [0.3, 0.4) is 0 Å². The molecule has 1 aliphatic rings. The van der Waals surface area contributed by atoms with E-state index in [2.05, 4.69) is 10.5 Å². The zero-order chi connectivity index (χ0) is 16.4. The average molecular weight is 324 g/mol. The van der Waals surface area contributed by atoms with E-state index in [9.17, 15) is 18.0 Å². The van der Waals surface area contributed by atoms with E-state index < -0.39 is 17.6 Å². The summed E-state index contributed by atoms with van der Waals surface area (Å²) in [6, 6.07) is 4.87. The molecule has 4 nitrogen and oxygen atoms in total. The smallest absolute Gasteiger partial charge is 0.360 e. The first-order chi connectivity index (χ1) is 11.0. The van der Waals surface area contributed by atoms with Gasteiger partial charge in [-0.25, -0.2) is 0 Å². The molecule has 23 heavy (non-hydrogen) atoms. The fourth-order valence-electron chi connectivity index (χ4n) is 2.76. The van der Waals surface area contributed by atoms with Crippen LogP contribution in [0.5, 0.6) is 0 Å². The minimum Gasteiger partial charge on any atom is -0.360 e. The molecule has 0 aliphatic heterocycles. The van der Waals surface area contributed by atoms with Crippen molar-refractivity contribution in [2.45, 2.75) is 38.3 Å². The Morgan fingerprint density at radius 1 is 1.13 bits per heavy atom. The van der Waals surface area contributed by atoms with Gasteiger partial charge in [0.1, 0.15) is 5.76 Å². The maximum Gasteiger partial charge on any atom is 0.418 e. The number of hydrogen-bond donors (Lipinski definition) is 1. The molecule has 0 bridgehead atoms. The van der Waals surface area contributed by atoms with E-state index in [1.807, 2.05) is 0 Å². The number of carbonyl (C=O) groups is 1. The molecule has 2 aromatic rings. The second kappa shape index (κ2) is 6.06. The van der Waals surface area contributed by atoms with Crippen LogP contribution in [-0.2, 0) is 19.0 Å². The summed E-state index contributed by atoms with van der Waals surface area (Å²) in [5.74, 6) is -0.00893. The van der Waals surface area contributed by atoms with Crippen molar-refractivity contribution in [3.05, 3.63) is 46.8 Å². The number of carbonyl (C=O) groups excluding carboxylic acids is 1. The van der Waals surface area contributed by atoms with Crippen molar-refractivity contribution in [2.24, 2.45) is 0 Å². The van der Waals surface area contributed by atoms with Crippen LogP contribution in [0.15, 0.2) is 28.8 Å². The molecule has 0 unspecified atom stereocenters. The standard InChI is InChI=1S/C16H15F3N2O2/c17-16(18,19)11-7-4-5-8-12(11)20-15(22)14-10-6-2-1-3-9-13(10)23-21-14/h4-5,7-8H,1-3,6,9H2,(H,20,22). The van der Waals surface area contributed by atoms with Gasteiger partial charge >= 0.3 is 6.18 Å². The maximum absolute atomic E-state index is 13.0. The molecule has 1 amide bonds. The predicted molar refractivity (Wildman–Crippen MR) is 77.2 cm³/mol. The third-order valence-electron chi connectivity index (χ3n) is 3.90. The van der Waals surface area contributed by atoms with Crippen molar-refractivity contribution < 1.29 is 22.5 Å². The molecule has 0 fully saturated rings. The Labute approximate surface area is 130 Å². The van der Waals surface area contributed by atoms with E-state index in [0.717, 1.165) is 25.3 Å². The maximum atomic E-state index is 13.0. The summed E-state index contributed by atoms with van der Waals surface area (Å²) in [6.07, 6.45) is -0.280. The van der Waals surface area contributed by atoms with Crippen LogP contribution in [-0.4, -0.2) is 11.1 Å². The monoisotopic (exact) mass is 324 g/mol. The Kier molecular flexibility index (Phi) is 4.11. The predicted octanol–water partition coefficient (Wildman–Crippen LogP) is 4.21. The molecule has 7 heteroatoms. The van der Waals surface area contributed by atoms with Gasteiger partial charge in [-0.1, -0.05) is 23.7 Å². The normalized spacial score (nSPS) is 14.9. The van der Waals surface area contributed by atoms with Crippen molar-refractivity contribution in [3.63, 3.8) is 0 Å². The van der Waals surface area contributed by atoms with Crippen LogP contribution in [0, 0.1) is 0 Å². The third-order valence-corrected chi connectivity index (χ3v) is 3.90. The van der Waals surface area contributed by atoms with E-state index in [4.69, 9.17) is 4.52 Å². The largest absolute Gasteiger partial charge is 0.418 e.